The lowest BCUT2D eigenvalue weighted by molar-refractivity contribution is -0.148. The van der Waals surface area contributed by atoms with Crippen LogP contribution in [0.5, 0.6) is 0 Å². The Labute approximate surface area is 94.9 Å². The van der Waals surface area contributed by atoms with E-state index in [1.54, 1.807) is 0 Å². The van der Waals surface area contributed by atoms with Gasteiger partial charge in [-0.1, -0.05) is 13.3 Å². The molecule has 0 bridgehead atoms. The third-order valence-corrected chi connectivity index (χ3v) is 2.66. The van der Waals surface area contributed by atoms with Gasteiger partial charge in [-0.25, -0.2) is 0 Å². The van der Waals surface area contributed by atoms with Crippen LogP contribution in [0.15, 0.2) is 0 Å². The van der Waals surface area contributed by atoms with Crippen molar-refractivity contribution in [1.29, 1.82) is 0 Å². The van der Waals surface area contributed by atoms with Crippen LogP contribution in [-0.2, 0) is 14.3 Å². The van der Waals surface area contributed by atoms with Crippen molar-refractivity contribution in [3.63, 3.8) is 0 Å². The summed E-state index contributed by atoms with van der Waals surface area (Å²) in [5.41, 5.74) is 11.0. The van der Waals surface area contributed by atoms with Gasteiger partial charge in [-0.3, -0.25) is 9.59 Å². The first-order chi connectivity index (χ1) is 7.57. The van der Waals surface area contributed by atoms with E-state index in [0.29, 0.717) is 19.6 Å². The molecule has 2 atom stereocenters. The summed E-state index contributed by atoms with van der Waals surface area (Å²) in [5.74, 6) is -0.759. The number of primary amides is 1. The average molecular weight is 229 g/mol. The Balaban J connectivity index is 2.67. The average Bonchev–Trinajstić information content (AvgIpc) is 2.28. The molecule has 1 saturated heterocycles. The van der Waals surface area contributed by atoms with Crippen LogP contribution in [0.3, 0.4) is 0 Å². The van der Waals surface area contributed by atoms with Gasteiger partial charge in [0.05, 0.1) is 19.3 Å². The Morgan fingerprint density at radius 2 is 2.25 bits per heavy atom. The molecule has 6 nitrogen and oxygen atoms in total. The van der Waals surface area contributed by atoms with E-state index in [1.165, 1.54) is 4.90 Å². The molecule has 1 aliphatic rings. The third kappa shape index (κ3) is 2.93. The molecule has 92 valence electrons. The minimum absolute atomic E-state index is 0.167. The number of hydrogen-bond donors (Lipinski definition) is 2. The fourth-order valence-electron chi connectivity index (χ4n) is 1.75. The summed E-state index contributed by atoms with van der Waals surface area (Å²) in [5, 5.41) is 0. The molecule has 4 N–H and O–H groups in total. The molecule has 1 aliphatic heterocycles. The van der Waals surface area contributed by atoms with E-state index in [9.17, 15) is 9.59 Å². The number of hydrogen-bond acceptors (Lipinski definition) is 4. The van der Waals surface area contributed by atoms with E-state index in [-0.39, 0.29) is 12.5 Å². The van der Waals surface area contributed by atoms with Gasteiger partial charge in [-0.15, -0.1) is 0 Å². The summed E-state index contributed by atoms with van der Waals surface area (Å²) < 4.78 is 5.13. The van der Waals surface area contributed by atoms with Crippen molar-refractivity contribution in [2.45, 2.75) is 31.8 Å². The van der Waals surface area contributed by atoms with Crippen LogP contribution in [0.2, 0.25) is 0 Å². The van der Waals surface area contributed by atoms with Crippen LogP contribution < -0.4 is 11.5 Å². The molecule has 6 heteroatoms. The number of amides is 2. The quantitative estimate of drug-likeness (QED) is 0.634. The first-order valence-corrected chi connectivity index (χ1v) is 5.51. The molecule has 0 aromatic rings. The monoisotopic (exact) mass is 229 g/mol. The van der Waals surface area contributed by atoms with Gasteiger partial charge in [0.15, 0.2) is 0 Å². The minimum Gasteiger partial charge on any atom is -0.377 e. The molecule has 0 aromatic heterocycles. The van der Waals surface area contributed by atoms with Crippen molar-refractivity contribution >= 4 is 11.8 Å². The van der Waals surface area contributed by atoms with Crippen LogP contribution in [0, 0.1) is 0 Å². The van der Waals surface area contributed by atoms with E-state index in [0.717, 1.165) is 6.42 Å². The normalized spacial score (nSPS) is 22.9. The van der Waals surface area contributed by atoms with Gasteiger partial charge in [0.25, 0.3) is 0 Å². The summed E-state index contributed by atoms with van der Waals surface area (Å²) in [6.07, 6.45) is 1.44. The van der Waals surface area contributed by atoms with E-state index in [2.05, 4.69) is 0 Å². The van der Waals surface area contributed by atoms with E-state index < -0.39 is 18.0 Å². The zero-order chi connectivity index (χ0) is 12.1. The number of carbonyl (C=O) groups is 2. The van der Waals surface area contributed by atoms with Gasteiger partial charge >= 0.3 is 0 Å². The molecule has 0 saturated carbocycles. The Bertz CT molecular complexity index is 270. The number of nitrogens with zero attached hydrogens (tertiary/aromatic N) is 1. The maximum Gasteiger partial charge on any atom is 0.242 e. The van der Waals surface area contributed by atoms with Gasteiger partial charge in [0, 0.05) is 6.54 Å². The van der Waals surface area contributed by atoms with Gasteiger partial charge < -0.3 is 21.1 Å². The predicted octanol–water partition coefficient (Wildman–Crippen LogP) is -1.17. The van der Waals surface area contributed by atoms with E-state index in [1.807, 2.05) is 6.92 Å². The fraction of sp³-hybridized carbons (Fsp3) is 0.800. The highest BCUT2D eigenvalue weighted by Crippen LogP contribution is 2.10. The lowest BCUT2D eigenvalue weighted by Gasteiger charge is -2.35. The summed E-state index contributed by atoms with van der Waals surface area (Å²) in [6, 6.07) is -1.23. The molecular weight excluding hydrogens is 210 g/mol. The van der Waals surface area contributed by atoms with Crippen molar-refractivity contribution in [2.75, 3.05) is 19.8 Å². The van der Waals surface area contributed by atoms with Crippen molar-refractivity contribution in [2.24, 2.45) is 11.5 Å². The lowest BCUT2D eigenvalue weighted by Crippen LogP contribution is -2.58. The highest BCUT2D eigenvalue weighted by molar-refractivity contribution is 5.89. The van der Waals surface area contributed by atoms with E-state index in [4.69, 9.17) is 16.2 Å². The van der Waals surface area contributed by atoms with Crippen molar-refractivity contribution in [1.82, 2.24) is 4.90 Å². The Morgan fingerprint density at radius 1 is 1.56 bits per heavy atom. The predicted molar refractivity (Wildman–Crippen MR) is 58.4 cm³/mol. The van der Waals surface area contributed by atoms with Gasteiger partial charge in [-0.2, -0.15) is 0 Å². The molecule has 16 heavy (non-hydrogen) atoms. The molecule has 2 amide bonds. The minimum atomic E-state index is -0.677. The number of carbonyl (C=O) groups excluding carboxylic acids is 2. The summed E-state index contributed by atoms with van der Waals surface area (Å²) in [7, 11) is 0. The van der Waals surface area contributed by atoms with Gasteiger partial charge in [-0.05, 0) is 6.42 Å². The second kappa shape index (κ2) is 5.81. The maximum atomic E-state index is 11.9. The van der Waals surface area contributed by atoms with Crippen LogP contribution in [0.25, 0.3) is 0 Å². The van der Waals surface area contributed by atoms with Crippen molar-refractivity contribution in [3.8, 4) is 0 Å². The highest BCUT2D eigenvalue weighted by atomic mass is 16.5. The molecule has 0 aromatic carbocycles. The number of morpholine rings is 1. The molecular formula is C10H19N3O3. The zero-order valence-electron chi connectivity index (χ0n) is 9.52. The molecule has 1 heterocycles. The van der Waals surface area contributed by atoms with Crippen LogP contribution in [0.4, 0.5) is 0 Å². The van der Waals surface area contributed by atoms with Crippen LogP contribution in [0.1, 0.15) is 19.8 Å². The van der Waals surface area contributed by atoms with E-state index >= 15 is 0 Å². The Kier molecular flexibility index (Phi) is 4.70. The molecule has 1 rings (SSSR count). The SMILES string of the molecule is CCC[C@H](N)C(=O)N1CCOCC1C(N)=O. The second-order valence-electron chi connectivity index (χ2n) is 3.92. The first-order valence-electron chi connectivity index (χ1n) is 5.51. The smallest absolute Gasteiger partial charge is 0.242 e. The topological polar surface area (TPSA) is 98.7 Å². The van der Waals surface area contributed by atoms with Gasteiger partial charge in [0.2, 0.25) is 11.8 Å². The number of ether oxygens (including phenoxy) is 1. The van der Waals surface area contributed by atoms with Crippen LogP contribution >= 0.6 is 0 Å². The second-order valence-corrected chi connectivity index (χ2v) is 3.92. The first kappa shape index (κ1) is 12.9. The summed E-state index contributed by atoms with van der Waals surface area (Å²) in [6.45, 7) is 2.93. The lowest BCUT2D eigenvalue weighted by atomic mass is 10.1. The summed E-state index contributed by atoms with van der Waals surface area (Å²) in [4.78, 5) is 24.5. The van der Waals surface area contributed by atoms with Crippen LogP contribution in [-0.4, -0.2) is 48.6 Å². The standard InChI is InChI=1S/C10H19N3O3/c1-2-3-7(11)10(15)13-4-5-16-6-8(13)9(12)14/h7-8H,2-6,11H2,1H3,(H2,12,14)/t7-,8?/m0/s1. The zero-order valence-corrected chi connectivity index (χ0v) is 9.52. The third-order valence-electron chi connectivity index (χ3n) is 2.66. The van der Waals surface area contributed by atoms with Crippen molar-refractivity contribution < 1.29 is 14.3 Å². The summed E-state index contributed by atoms with van der Waals surface area (Å²) >= 11 is 0. The van der Waals surface area contributed by atoms with Crippen molar-refractivity contribution in [3.05, 3.63) is 0 Å². The Morgan fingerprint density at radius 3 is 2.81 bits per heavy atom. The maximum absolute atomic E-state index is 11.9. The highest BCUT2D eigenvalue weighted by Gasteiger charge is 2.33. The fourth-order valence-corrected chi connectivity index (χ4v) is 1.75. The Hall–Kier alpha value is -1.14. The van der Waals surface area contributed by atoms with Gasteiger partial charge in [0.1, 0.15) is 6.04 Å². The molecule has 0 aliphatic carbocycles. The molecule has 1 fully saturated rings. The largest absolute Gasteiger partial charge is 0.377 e. The molecule has 0 spiro atoms. The number of nitrogens with two attached hydrogens (primary N) is 2. The number of rotatable bonds is 4. The molecule has 0 radical (unpaired) electrons. The molecule has 1 unspecified atom stereocenters.